The number of carbonyl (C=O) groups is 3. The number of hydrogen-bond acceptors (Lipinski definition) is 6. The second-order valence-corrected chi connectivity index (χ2v) is 9.03. The van der Waals surface area contributed by atoms with Crippen LogP contribution < -0.4 is 10.2 Å². The van der Waals surface area contributed by atoms with Crippen molar-refractivity contribution in [2.24, 2.45) is 0 Å². The fourth-order valence-electron chi connectivity index (χ4n) is 4.88. The van der Waals surface area contributed by atoms with Crippen LogP contribution in [0, 0.1) is 0 Å². The third kappa shape index (κ3) is 4.72. The first-order valence-corrected chi connectivity index (χ1v) is 11.5. The van der Waals surface area contributed by atoms with Gasteiger partial charge in [0.15, 0.2) is 0 Å². The molecule has 2 aromatic rings. The first-order chi connectivity index (χ1) is 16.7. The van der Waals surface area contributed by atoms with Gasteiger partial charge in [0.2, 0.25) is 11.8 Å². The number of imide groups is 1. The highest BCUT2D eigenvalue weighted by Crippen LogP contribution is 2.30. The summed E-state index contributed by atoms with van der Waals surface area (Å²) in [6, 6.07) is 8.94. The molecule has 11 heteroatoms. The molecular formula is C24H24F3N5O3. The fourth-order valence-corrected chi connectivity index (χ4v) is 4.88. The number of benzene rings is 1. The molecule has 1 atom stereocenters. The molecule has 3 aliphatic heterocycles. The van der Waals surface area contributed by atoms with Crippen LogP contribution in [0.2, 0.25) is 0 Å². The van der Waals surface area contributed by atoms with Crippen LogP contribution in [0.15, 0.2) is 36.4 Å². The van der Waals surface area contributed by atoms with Gasteiger partial charge in [-0.25, -0.2) is 4.98 Å². The molecule has 0 radical (unpaired) electrons. The summed E-state index contributed by atoms with van der Waals surface area (Å²) < 4.78 is 38.9. The van der Waals surface area contributed by atoms with Gasteiger partial charge in [-0.05, 0) is 35.7 Å². The van der Waals surface area contributed by atoms with Crippen molar-refractivity contribution in [3.63, 3.8) is 0 Å². The number of carbonyl (C=O) groups excluding carboxylic acids is 3. The quantitative estimate of drug-likeness (QED) is 0.666. The van der Waals surface area contributed by atoms with E-state index in [1.54, 1.807) is 12.1 Å². The molecule has 184 valence electrons. The van der Waals surface area contributed by atoms with E-state index in [-0.39, 0.29) is 18.2 Å². The summed E-state index contributed by atoms with van der Waals surface area (Å²) in [5.74, 6) is -0.635. The van der Waals surface area contributed by atoms with E-state index >= 15 is 0 Å². The smallest absolute Gasteiger partial charge is 0.354 e. The number of pyridine rings is 1. The molecule has 1 aromatic carbocycles. The zero-order valence-corrected chi connectivity index (χ0v) is 18.8. The van der Waals surface area contributed by atoms with Crippen molar-refractivity contribution in [1.82, 2.24) is 20.1 Å². The Morgan fingerprint density at radius 1 is 1.03 bits per heavy atom. The molecule has 0 saturated carbocycles. The number of alkyl halides is 3. The third-order valence-corrected chi connectivity index (χ3v) is 6.72. The lowest BCUT2D eigenvalue weighted by molar-refractivity contribution is -0.141. The lowest BCUT2D eigenvalue weighted by atomic mass is 10.0. The Bertz CT molecular complexity index is 1180. The van der Waals surface area contributed by atoms with Crippen molar-refractivity contribution in [1.29, 1.82) is 0 Å². The Hall–Kier alpha value is -3.47. The second kappa shape index (κ2) is 8.95. The van der Waals surface area contributed by atoms with Gasteiger partial charge in [-0.3, -0.25) is 24.6 Å². The van der Waals surface area contributed by atoms with Crippen LogP contribution in [0.5, 0.6) is 0 Å². The molecule has 4 heterocycles. The number of rotatable bonds is 4. The molecule has 5 rings (SSSR count). The minimum absolute atomic E-state index is 0.205. The molecule has 8 nitrogen and oxygen atoms in total. The predicted octanol–water partition coefficient (Wildman–Crippen LogP) is 2.18. The van der Waals surface area contributed by atoms with Crippen molar-refractivity contribution < 1.29 is 27.6 Å². The molecule has 1 aromatic heterocycles. The minimum atomic E-state index is -4.47. The first-order valence-electron chi connectivity index (χ1n) is 11.5. The fraction of sp³-hybridized carbons (Fsp3) is 0.417. The molecule has 1 N–H and O–H groups in total. The molecule has 0 aliphatic carbocycles. The number of anilines is 1. The van der Waals surface area contributed by atoms with Crippen LogP contribution >= 0.6 is 0 Å². The van der Waals surface area contributed by atoms with Crippen LogP contribution in [0.25, 0.3) is 0 Å². The summed E-state index contributed by atoms with van der Waals surface area (Å²) in [5, 5.41) is 2.30. The SMILES string of the molecule is O=C1CCC(N2Cc3cc(CN4CCN(c5cccc(C(F)(F)F)n5)CC4)ccc3C2=O)C(=O)N1. The normalized spacial score (nSPS) is 21.3. The zero-order chi connectivity index (χ0) is 24.7. The Morgan fingerprint density at radius 3 is 2.51 bits per heavy atom. The van der Waals surface area contributed by atoms with Gasteiger partial charge in [0.25, 0.3) is 5.91 Å². The van der Waals surface area contributed by atoms with Gasteiger partial charge in [-0.2, -0.15) is 13.2 Å². The molecule has 3 amide bonds. The Balaban J connectivity index is 1.20. The van der Waals surface area contributed by atoms with E-state index in [1.807, 2.05) is 17.0 Å². The number of halogens is 3. The third-order valence-electron chi connectivity index (χ3n) is 6.72. The molecule has 3 aliphatic rings. The lowest BCUT2D eigenvalue weighted by Crippen LogP contribution is -2.52. The Labute approximate surface area is 199 Å². The number of fused-ring (bicyclic) bond motifs is 1. The van der Waals surface area contributed by atoms with Gasteiger partial charge >= 0.3 is 6.18 Å². The monoisotopic (exact) mass is 487 g/mol. The Morgan fingerprint density at radius 2 is 1.80 bits per heavy atom. The van der Waals surface area contributed by atoms with Gasteiger partial charge in [0, 0.05) is 51.3 Å². The van der Waals surface area contributed by atoms with Crippen LogP contribution in [0.4, 0.5) is 19.0 Å². The van der Waals surface area contributed by atoms with Gasteiger partial charge in [0.1, 0.15) is 17.6 Å². The van der Waals surface area contributed by atoms with E-state index in [4.69, 9.17) is 0 Å². The summed E-state index contributed by atoms with van der Waals surface area (Å²) >= 11 is 0. The molecule has 2 fully saturated rings. The van der Waals surface area contributed by atoms with Crippen molar-refractivity contribution >= 4 is 23.5 Å². The topological polar surface area (TPSA) is 85.9 Å². The second-order valence-electron chi connectivity index (χ2n) is 9.03. The van der Waals surface area contributed by atoms with E-state index in [9.17, 15) is 27.6 Å². The van der Waals surface area contributed by atoms with Crippen molar-refractivity contribution in [3.8, 4) is 0 Å². The molecule has 0 spiro atoms. The van der Waals surface area contributed by atoms with E-state index in [0.29, 0.717) is 57.1 Å². The highest BCUT2D eigenvalue weighted by atomic mass is 19.4. The van der Waals surface area contributed by atoms with Gasteiger partial charge in [0.05, 0.1) is 0 Å². The highest BCUT2D eigenvalue weighted by molar-refractivity contribution is 6.05. The number of nitrogens with zero attached hydrogens (tertiary/aromatic N) is 4. The molecule has 1 unspecified atom stereocenters. The summed E-state index contributed by atoms with van der Waals surface area (Å²) in [6.07, 6.45) is -3.94. The predicted molar refractivity (Wildman–Crippen MR) is 119 cm³/mol. The van der Waals surface area contributed by atoms with Crippen LogP contribution in [-0.4, -0.2) is 64.7 Å². The zero-order valence-electron chi connectivity index (χ0n) is 18.8. The van der Waals surface area contributed by atoms with Crippen molar-refractivity contribution in [3.05, 3.63) is 58.8 Å². The summed E-state index contributed by atoms with van der Waals surface area (Å²) in [7, 11) is 0. The van der Waals surface area contributed by atoms with Crippen LogP contribution in [0.3, 0.4) is 0 Å². The van der Waals surface area contributed by atoms with E-state index < -0.39 is 23.8 Å². The van der Waals surface area contributed by atoms with Crippen LogP contribution in [-0.2, 0) is 28.9 Å². The molecular weight excluding hydrogens is 463 g/mol. The number of nitrogens with one attached hydrogen (secondary N) is 1. The van der Waals surface area contributed by atoms with Crippen molar-refractivity contribution in [2.75, 3.05) is 31.1 Å². The van der Waals surface area contributed by atoms with Crippen molar-refractivity contribution in [2.45, 2.75) is 38.1 Å². The highest BCUT2D eigenvalue weighted by Gasteiger charge is 2.39. The first kappa shape index (κ1) is 23.3. The number of hydrogen-bond donors (Lipinski definition) is 1. The molecule has 2 saturated heterocycles. The average molecular weight is 487 g/mol. The maximum atomic E-state index is 13.0. The maximum absolute atomic E-state index is 13.0. The van der Waals surface area contributed by atoms with E-state index in [0.717, 1.165) is 17.2 Å². The standard InChI is InChI=1S/C24H24F3N5O3/c25-24(26,27)19-2-1-3-20(28-19)31-10-8-30(9-11-31)13-15-4-5-17-16(12-15)14-32(23(17)35)18-6-7-21(33)29-22(18)34/h1-5,12,18H,6-11,13-14H2,(H,29,33,34). The summed E-state index contributed by atoms with van der Waals surface area (Å²) in [4.78, 5) is 45.9. The Kier molecular flexibility index (Phi) is 5.96. The van der Waals surface area contributed by atoms with Gasteiger partial charge < -0.3 is 9.80 Å². The van der Waals surface area contributed by atoms with E-state index in [1.165, 1.54) is 11.0 Å². The molecule has 35 heavy (non-hydrogen) atoms. The van der Waals surface area contributed by atoms with Gasteiger partial charge in [-0.1, -0.05) is 18.2 Å². The number of aromatic nitrogens is 1. The minimum Gasteiger partial charge on any atom is -0.354 e. The number of piperazine rings is 1. The number of amides is 3. The lowest BCUT2D eigenvalue weighted by Gasteiger charge is -2.35. The van der Waals surface area contributed by atoms with Crippen LogP contribution in [0.1, 0.15) is 40.0 Å². The maximum Gasteiger partial charge on any atom is 0.433 e. The van der Waals surface area contributed by atoms with E-state index in [2.05, 4.69) is 15.2 Å². The molecule has 0 bridgehead atoms. The average Bonchev–Trinajstić information content (AvgIpc) is 3.14. The summed E-state index contributed by atoms with van der Waals surface area (Å²) in [5.41, 5.74) is 1.55. The number of piperidine rings is 1. The largest absolute Gasteiger partial charge is 0.433 e. The summed E-state index contributed by atoms with van der Waals surface area (Å²) in [6.45, 7) is 3.40. The van der Waals surface area contributed by atoms with Gasteiger partial charge in [-0.15, -0.1) is 0 Å².